The highest BCUT2D eigenvalue weighted by Gasteiger charge is 2.34. The lowest BCUT2D eigenvalue weighted by Crippen LogP contribution is -2.53. The van der Waals surface area contributed by atoms with E-state index in [0.29, 0.717) is 18.0 Å². The Morgan fingerprint density at radius 3 is 1.76 bits per heavy atom. The summed E-state index contributed by atoms with van der Waals surface area (Å²) in [5.74, 6) is 0.514. The molecule has 0 fully saturated rings. The Labute approximate surface area is 289 Å². The Morgan fingerprint density at radius 2 is 1.18 bits per heavy atom. The SMILES string of the molecule is CC(C)CNC(=O)[C@@H](Cc1ccccc1)N(Cc1ccccc1)C(=O)CN(c1ccc(Oc2ccccc2)cc1)S(=O)(=O)c1ccccc1. The minimum Gasteiger partial charge on any atom is -0.457 e. The van der Waals surface area contributed by atoms with Gasteiger partial charge in [0.2, 0.25) is 11.8 Å². The van der Waals surface area contributed by atoms with Gasteiger partial charge in [-0.2, -0.15) is 0 Å². The number of nitrogens with one attached hydrogen (secondary N) is 1. The lowest BCUT2D eigenvalue weighted by atomic mass is 10.0. The summed E-state index contributed by atoms with van der Waals surface area (Å²) in [6.45, 7) is 4.01. The van der Waals surface area contributed by atoms with E-state index in [0.717, 1.165) is 15.4 Å². The molecule has 0 bridgehead atoms. The number of para-hydroxylation sites is 1. The van der Waals surface area contributed by atoms with Gasteiger partial charge in [0.15, 0.2) is 0 Å². The summed E-state index contributed by atoms with van der Waals surface area (Å²) in [5, 5.41) is 3.01. The summed E-state index contributed by atoms with van der Waals surface area (Å²) in [7, 11) is -4.21. The van der Waals surface area contributed by atoms with Crippen LogP contribution in [0.25, 0.3) is 0 Å². The molecule has 0 aliphatic carbocycles. The van der Waals surface area contributed by atoms with Crippen LogP contribution in [0.5, 0.6) is 11.5 Å². The molecule has 0 aromatic heterocycles. The van der Waals surface area contributed by atoms with Crippen LogP contribution in [0.2, 0.25) is 0 Å². The molecule has 5 rings (SSSR count). The first-order valence-corrected chi connectivity index (χ1v) is 17.7. The van der Waals surface area contributed by atoms with Crippen molar-refractivity contribution in [1.82, 2.24) is 10.2 Å². The number of nitrogens with zero attached hydrogens (tertiary/aromatic N) is 2. The Hall–Kier alpha value is -5.41. The zero-order chi connectivity index (χ0) is 34.6. The number of sulfonamides is 1. The minimum atomic E-state index is -4.21. The molecule has 0 saturated carbocycles. The van der Waals surface area contributed by atoms with Gasteiger partial charge in [0.1, 0.15) is 24.1 Å². The van der Waals surface area contributed by atoms with E-state index in [4.69, 9.17) is 4.74 Å². The first-order chi connectivity index (χ1) is 23.7. The monoisotopic (exact) mass is 675 g/mol. The van der Waals surface area contributed by atoms with Crippen LogP contribution in [0, 0.1) is 5.92 Å². The summed E-state index contributed by atoms with van der Waals surface area (Å²) < 4.78 is 35.5. The van der Waals surface area contributed by atoms with Crippen LogP contribution < -0.4 is 14.4 Å². The number of hydrogen-bond donors (Lipinski definition) is 1. The molecule has 8 nitrogen and oxygen atoms in total. The maximum atomic E-state index is 14.6. The largest absolute Gasteiger partial charge is 0.457 e. The summed E-state index contributed by atoms with van der Waals surface area (Å²) in [4.78, 5) is 30.0. The van der Waals surface area contributed by atoms with Crippen molar-refractivity contribution >= 4 is 27.5 Å². The van der Waals surface area contributed by atoms with Crippen molar-refractivity contribution in [3.05, 3.63) is 157 Å². The molecule has 0 unspecified atom stereocenters. The highest BCUT2D eigenvalue weighted by atomic mass is 32.2. The Kier molecular flexibility index (Phi) is 11.8. The van der Waals surface area contributed by atoms with Gasteiger partial charge in [-0.05, 0) is 65.6 Å². The van der Waals surface area contributed by atoms with Gasteiger partial charge < -0.3 is 15.0 Å². The fourth-order valence-electron chi connectivity index (χ4n) is 5.31. The van der Waals surface area contributed by atoms with Crippen molar-refractivity contribution in [2.24, 2.45) is 5.92 Å². The maximum Gasteiger partial charge on any atom is 0.264 e. The van der Waals surface area contributed by atoms with Gasteiger partial charge in [0.25, 0.3) is 10.0 Å². The molecule has 1 atom stereocenters. The van der Waals surface area contributed by atoms with Gasteiger partial charge in [-0.25, -0.2) is 8.42 Å². The van der Waals surface area contributed by atoms with Crippen LogP contribution in [-0.4, -0.2) is 44.3 Å². The summed E-state index contributed by atoms with van der Waals surface area (Å²) in [5.41, 5.74) is 1.97. The number of amides is 2. The maximum absolute atomic E-state index is 14.6. The van der Waals surface area contributed by atoms with Gasteiger partial charge >= 0.3 is 0 Å². The third-order valence-corrected chi connectivity index (χ3v) is 9.65. The van der Waals surface area contributed by atoms with Gasteiger partial charge in [-0.3, -0.25) is 13.9 Å². The zero-order valence-electron chi connectivity index (χ0n) is 27.7. The van der Waals surface area contributed by atoms with Crippen molar-refractivity contribution < 1.29 is 22.7 Å². The summed E-state index contributed by atoms with van der Waals surface area (Å²) in [6, 6.07) is 41.8. The number of ether oxygens (including phenoxy) is 1. The van der Waals surface area contributed by atoms with Crippen molar-refractivity contribution in [2.75, 3.05) is 17.4 Å². The van der Waals surface area contributed by atoms with E-state index in [1.807, 2.05) is 105 Å². The quantitative estimate of drug-likeness (QED) is 0.128. The van der Waals surface area contributed by atoms with Gasteiger partial charge in [-0.1, -0.05) is 111 Å². The Morgan fingerprint density at radius 1 is 0.673 bits per heavy atom. The van der Waals surface area contributed by atoms with E-state index in [2.05, 4.69) is 5.32 Å². The van der Waals surface area contributed by atoms with Crippen molar-refractivity contribution in [2.45, 2.75) is 37.8 Å². The molecule has 0 aliphatic heterocycles. The molecule has 1 N–H and O–H groups in total. The van der Waals surface area contributed by atoms with Crippen molar-refractivity contribution in [1.29, 1.82) is 0 Å². The van der Waals surface area contributed by atoms with Crippen molar-refractivity contribution in [3.8, 4) is 11.5 Å². The molecule has 2 amide bonds. The Balaban J connectivity index is 1.53. The second-order valence-electron chi connectivity index (χ2n) is 12.1. The fourth-order valence-corrected chi connectivity index (χ4v) is 6.75. The molecule has 5 aromatic rings. The molecule has 9 heteroatoms. The standard InChI is InChI=1S/C40H41N3O5S/c1-31(2)28-41-40(45)38(27-32-15-7-3-8-16-32)42(29-33-17-9-4-10-18-33)39(44)30-43(49(46,47)37-21-13-6-14-22-37)34-23-25-36(26-24-34)48-35-19-11-5-12-20-35/h3-26,31,38H,27-30H2,1-2H3,(H,41,45)/t38-/m1/s1. The molecule has 0 radical (unpaired) electrons. The average molecular weight is 676 g/mol. The van der Waals surface area contributed by atoms with E-state index in [1.54, 1.807) is 42.5 Å². The van der Waals surface area contributed by atoms with Crippen LogP contribution in [0.3, 0.4) is 0 Å². The average Bonchev–Trinajstić information content (AvgIpc) is 3.13. The van der Waals surface area contributed by atoms with E-state index in [9.17, 15) is 18.0 Å². The van der Waals surface area contributed by atoms with Crippen LogP contribution in [0.4, 0.5) is 5.69 Å². The minimum absolute atomic E-state index is 0.0394. The van der Waals surface area contributed by atoms with E-state index < -0.39 is 28.5 Å². The fraction of sp³-hybridized carbons (Fsp3) is 0.200. The highest BCUT2D eigenvalue weighted by molar-refractivity contribution is 7.92. The number of hydrogen-bond acceptors (Lipinski definition) is 5. The molecule has 0 spiro atoms. The van der Waals surface area contributed by atoms with E-state index >= 15 is 0 Å². The molecule has 0 heterocycles. The zero-order valence-corrected chi connectivity index (χ0v) is 28.5. The predicted octanol–water partition coefficient (Wildman–Crippen LogP) is 7.09. The molecule has 252 valence electrons. The second kappa shape index (κ2) is 16.6. The first-order valence-electron chi connectivity index (χ1n) is 16.3. The summed E-state index contributed by atoms with van der Waals surface area (Å²) >= 11 is 0. The Bertz CT molecular complexity index is 1890. The predicted molar refractivity (Wildman–Crippen MR) is 193 cm³/mol. The van der Waals surface area contributed by atoms with Gasteiger partial charge in [0, 0.05) is 19.5 Å². The number of carbonyl (C=O) groups is 2. The normalized spacial score (nSPS) is 11.8. The second-order valence-corrected chi connectivity index (χ2v) is 13.9. The molecule has 49 heavy (non-hydrogen) atoms. The molecule has 0 aliphatic rings. The molecule has 5 aromatic carbocycles. The third kappa shape index (κ3) is 9.58. The van der Waals surface area contributed by atoms with Crippen LogP contribution >= 0.6 is 0 Å². The summed E-state index contributed by atoms with van der Waals surface area (Å²) in [6.07, 6.45) is 0.250. The highest BCUT2D eigenvalue weighted by Crippen LogP contribution is 2.29. The van der Waals surface area contributed by atoms with Gasteiger partial charge in [0.05, 0.1) is 10.6 Å². The molecular weight excluding hydrogens is 635 g/mol. The number of carbonyl (C=O) groups excluding carboxylic acids is 2. The topological polar surface area (TPSA) is 96.0 Å². The molecular formula is C40H41N3O5S. The lowest BCUT2D eigenvalue weighted by Gasteiger charge is -2.34. The van der Waals surface area contributed by atoms with Crippen LogP contribution in [0.15, 0.2) is 150 Å². The smallest absolute Gasteiger partial charge is 0.264 e. The van der Waals surface area contributed by atoms with Crippen LogP contribution in [0.1, 0.15) is 25.0 Å². The van der Waals surface area contributed by atoms with Gasteiger partial charge in [-0.15, -0.1) is 0 Å². The third-order valence-electron chi connectivity index (χ3n) is 7.87. The van der Waals surface area contributed by atoms with E-state index in [-0.39, 0.29) is 35.4 Å². The number of rotatable bonds is 15. The number of anilines is 1. The van der Waals surface area contributed by atoms with Crippen molar-refractivity contribution in [3.63, 3.8) is 0 Å². The molecule has 0 saturated heterocycles. The van der Waals surface area contributed by atoms with Crippen LogP contribution in [-0.2, 0) is 32.6 Å². The van der Waals surface area contributed by atoms with E-state index in [1.165, 1.54) is 17.0 Å². The number of benzene rings is 5. The first kappa shape index (κ1) is 34.9. The lowest BCUT2D eigenvalue weighted by molar-refractivity contribution is -0.140.